The Balaban J connectivity index is 1.64. The van der Waals surface area contributed by atoms with Crippen LogP contribution >= 0.6 is 0 Å². The molecule has 1 saturated heterocycles. The average Bonchev–Trinajstić information content (AvgIpc) is 2.83. The fourth-order valence-electron chi connectivity index (χ4n) is 3.74. The van der Waals surface area contributed by atoms with E-state index in [2.05, 4.69) is 5.32 Å². The third-order valence-corrected chi connectivity index (χ3v) is 5.65. The van der Waals surface area contributed by atoms with Crippen LogP contribution in [-0.2, 0) is 11.0 Å². The normalized spacial score (nSPS) is 14.9. The highest BCUT2D eigenvalue weighted by Crippen LogP contribution is 2.31. The van der Waals surface area contributed by atoms with Crippen molar-refractivity contribution in [3.63, 3.8) is 0 Å². The molecular weight excluding hydrogens is 449 g/mol. The van der Waals surface area contributed by atoms with E-state index in [1.165, 1.54) is 18.2 Å². The fourth-order valence-corrected chi connectivity index (χ4v) is 3.74. The van der Waals surface area contributed by atoms with Crippen molar-refractivity contribution in [3.8, 4) is 11.5 Å². The van der Waals surface area contributed by atoms with Crippen molar-refractivity contribution in [2.75, 3.05) is 26.3 Å². The van der Waals surface area contributed by atoms with Gasteiger partial charge in [0.2, 0.25) is 0 Å². The highest BCUT2D eigenvalue weighted by Gasteiger charge is 2.30. The summed E-state index contributed by atoms with van der Waals surface area (Å²) in [6.45, 7) is 5.17. The Morgan fingerprint density at radius 3 is 2.29 bits per heavy atom. The minimum absolute atomic E-state index is 0.0886. The molecule has 6 nitrogen and oxygen atoms in total. The topological polar surface area (TPSA) is 67.9 Å². The SMILES string of the molecule is CCOc1cc(C(=O)NC(C)c2ccc(C(F)(F)F)cc2)ccc1OCC(=O)N1CCCCC1. The van der Waals surface area contributed by atoms with E-state index in [1.807, 2.05) is 0 Å². The van der Waals surface area contributed by atoms with Gasteiger partial charge in [-0.05, 0) is 69.0 Å². The van der Waals surface area contributed by atoms with Gasteiger partial charge in [-0.2, -0.15) is 13.2 Å². The van der Waals surface area contributed by atoms with Gasteiger partial charge in [-0.1, -0.05) is 12.1 Å². The first kappa shape index (κ1) is 25.4. The first-order valence-corrected chi connectivity index (χ1v) is 11.3. The van der Waals surface area contributed by atoms with Crippen LogP contribution in [0.4, 0.5) is 13.2 Å². The van der Waals surface area contributed by atoms with Crippen molar-refractivity contribution < 1.29 is 32.2 Å². The Hall–Kier alpha value is -3.23. The van der Waals surface area contributed by atoms with Crippen molar-refractivity contribution in [3.05, 3.63) is 59.2 Å². The Morgan fingerprint density at radius 2 is 1.68 bits per heavy atom. The molecule has 0 radical (unpaired) electrons. The molecule has 34 heavy (non-hydrogen) atoms. The van der Waals surface area contributed by atoms with Crippen LogP contribution in [0.2, 0.25) is 0 Å². The van der Waals surface area contributed by atoms with Gasteiger partial charge in [0.05, 0.1) is 18.2 Å². The number of likely N-dealkylation sites (tertiary alicyclic amines) is 1. The van der Waals surface area contributed by atoms with Crippen molar-refractivity contribution >= 4 is 11.8 Å². The van der Waals surface area contributed by atoms with Gasteiger partial charge in [-0.3, -0.25) is 9.59 Å². The standard InChI is InChI=1S/C25H29F3N2O4/c1-3-33-22-15-19(9-12-21(22)34-16-23(31)30-13-5-4-6-14-30)24(32)29-17(2)18-7-10-20(11-8-18)25(26,27)28/h7-12,15,17H,3-6,13-14,16H2,1-2H3,(H,29,32). The molecule has 1 fully saturated rings. The van der Waals surface area contributed by atoms with Crippen LogP contribution in [0, 0.1) is 0 Å². The van der Waals surface area contributed by atoms with Crippen LogP contribution in [0.15, 0.2) is 42.5 Å². The number of benzene rings is 2. The molecule has 0 spiro atoms. The number of hydrogen-bond donors (Lipinski definition) is 1. The molecule has 3 rings (SSSR count). The summed E-state index contributed by atoms with van der Waals surface area (Å²) >= 11 is 0. The quantitative estimate of drug-likeness (QED) is 0.581. The second-order valence-corrected chi connectivity index (χ2v) is 8.14. The molecule has 1 unspecified atom stereocenters. The van der Waals surface area contributed by atoms with Gasteiger partial charge in [-0.15, -0.1) is 0 Å². The van der Waals surface area contributed by atoms with Crippen molar-refractivity contribution in [2.24, 2.45) is 0 Å². The highest BCUT2D eigenvalue weighted by molar-refractivity contribution is 5.95. The highest BCUT2D eigenvalue weighted by atomic mass is 19.4. The van der Waals surface area contributed by atoms with E-state index in [0.717, 1.165) is 44.5 Å². The minimum Gasteiger partial charge on any atom is -0.490 e. The van der Waals surface area contributed by atoms with Crippen LogP contribution in [0.1, 0.15) is 60.6 Å². The van der Waals surface area contributed by atoms with E-state index in [1.54, 1.807) is 30.9 Å². The number of nitrogens with one attached hydrogen (secondary N) is 1. The summed E-state index contributed by atoms with van der Waals surface area (Å²) in [5.74, 6) is 0.196. The van der Waals surface area contributed by atoms with Gasteiger partial charge >= 0.3 is 6.18 Å². The monoisotopic (exact) mass is 478 g/mol. The molecule has 1 heterocycles. The fraction of sp³-hybridized carbons (Fsp3) is 0.440. The zero-order valence-electron chi connectivity index (χ0n) is 19.3. The Labute approximate surface area is 197 Å². The summed E-state index contributed by atoms with van der Waals surface area (Å²) in [7, 11) is 0. The first-order chi connectivity index (χ1) is 16.2. The van der Waals surface area contributed by atoms with Crippen molar-refractivity contribution in [1.29, 1.82) is 0 Å². The lowest BCUT2D eigenvalue weighted by Gasteiger charge is -2.26. The third-order valence-electron chi connectivity index (χ3n) is 5.65. The van der Waals surface area contributed by atoms with Gasteiger partial charge in [0, 0.05) is 18.7 Å². The largest absolute Gasteiger partial charge is 0.490 e. The van der Waals surface area contributed by atoms with E-state index in [4.69, 9.17) is 9.47 Å². The van der Waals surface area contributed by atoms with E-state index >= 15 is 0 Å². The molecule has 0 bridgehead atoms. The van der Waals surface area contributed by atoms with E-state index < -0.39 is 23.7 Å². The van der Waals surface area contributed by atoms with E-state index in [9.17, 15) is 22.8 Å². The number of carbonyl (C=O) groups is 2. The van der Waals surface area contributed by atoms with Crippen LogP contribution in [0.3, 0.4) is 0 Å². The predicted octanol–water partition coefficient (Wildman–Crippen LogP) is 4.99. The molecule has 1 aliphatic heterocycles. The second-order valence-electron chi connectivity index (χ2n) is 8.14. The maximum atomic E-state index is 12.8. The Morgan fingerprint density at radius 1 is 1.00 bits per heavy atom. The molecule has 0 aliphatic carbocycles. The minimum atomic E-state index is -4.41. The number of halogens is 3. The summed E-state index contributed by atoms with van der Waals surface area (Å²) in [6, 6.07) is 8.81. The zero-order chi connectivity index (χ0) is 24.7. The van der Waals surface area contributed by atoms with E-state index in [0.29, 0.717) is 29.2 Å². The number of alkyl halides is 3. The van der Waals surface area contributed by atoms with Crippen LogP contribution in [0.25, 0.3) is 0 Å². The van der Waals surface area contributed by atoms with Gasteiger partial charge in [-0.25, -0.2) is 0 Å². The second kappa shape index (κ2) is 11.3. The van der Waals surface area contributed by atoms with Gasteiger partial charge in [0.25, 0.3) is 11.8 Å². The lowest BCUT2D eigenvalue weighted by atomic mass is 10.1. The molecule has 0 saturated carbocycles. The maximum absolute atomic E-state index is 12.8. The lowest BCUT2D eigenvalue weighted by molar-refractivity contribution is -0.137. The summed E-state index contributed by atoms with van der Waals surface area (Å²) < 4.78 is 49.6. The molecule has 184 valence electrons. The van der Waals surface area contributed by atoms with Gasteiger partial charge < -0.3 is 19.7 Å². The molecule has 0 aromatic heterocycles. The van der Waals surface area contributed by atoms with Crippen LogP contribution in [-0.4, -0.2) is 43.0 Å². The molecule has 2 amide bonds. The Bertz CT molecular complexity index is 987. The summed E-state index contributed by atoms with van der Waals surface area (Å²) in [5.41, 5.74) is 0.102. The number of rotatable bonds is 8. The molecule has 1 atom stereocenters. The zero-order valence-corrected chi connectivity index (χ0v) is 19.3. The van der Waals surface area contributed by atoms with Crippen LogP contribution < -0.4 is 14.8 Å². The molecular formula is C25H29F3N2O4. The number of amides is 2. The molecule has 2 aromatic carbocycles. The van der Waals surface area contributed by atoms with Crippen molar-refractivity contribution in [2.45, 2.75) is 45.3 Å². The number of ether oxygens (including phenoxy) is 2. The summed E-state index contributed by atoms with van der Waals surface area (Å²) in [5, 5.41) is 2.78. The number of nitrogens with zero attached hydrogens (tertiary/aromatic N) is 1. The molecule has 1 aliphatic rings. The summed E-state index contributed by atoms with van der Waals surface area (Å²) in [6.07, 6.45) is -1.31. The van der Waals surface area contributed by atoms with Crippen LogP contribution in [0.5, 0.6) is 11.5 Å². The Kier molecular flexibility index (Phi) is 8.41. The lowest BCUT2D eigenvalue weighted by Crippen LogP contribution is -2.38. The smallest absolute Gasteiger partial charge is 0.416 e. The number of hydrogen-bond acceptors (Lipinski definition) is 4. The number of piperidine rings is 1. The van der Waals surface area contributed by atoms with Crippen molar-refractivity contribution in [1.82, 2.24) is 10.2 Å². The molecule has 9 heteroatoms. The maximum Gasteiger partial charge on any atom is 0.416 e. The first-order valence-electron chi connectivity index (χ1n) is 11.3. The predicted molar refractivity (Wildman–Crippen MR) is 121 cm³/mol. The summed E-state index contributed by atoms with van der Waals surface area (Å²) in [4.78, 5) is 26.9. The third kappa shape index (κ3) is 6.65. The van der Waals surface area contributed by atoms with Gasteiger partial charge in [0.1, 0.15) is 0 Å². The van der Waals surface area contributed by atoms with Gasteiger partial charge in [0.15, 0.2) is 18.1 Å². The molecule has 1 N–H and O–H groups in total. The van der Waals surface area contributed by atoms with E-state index in [-0.39, 0.29) is 12.5 Å². The number of carbonyl (C=O) groups excluding carboxylic acids is 2. The molecule has 2 aromatic rings. The average molecular weight is 479 g/mol.